The summed E-state index contributed by atoms with van der Waals surface area (Å²) in [6.07, 6.45) is 0.960. The van der Waals surface area contributed by atoms with Crippen molar-refractivity contribution in [3.63, 3.8) is 0 Å². The first kappa shape index (κ1) is 10.9. The van der Waals surface area contributed by atoms with Gasteiger partial charge in [0.1, 0.15) is 0 Å². The minimum Gasteiger partial charge on any atom is -0.504 e. The molecule has 0 aliphatic carbocycles. The van der Waals surface area contributed by atoms with E-state index >= 15 is 0 Å². The zero-order valence-corrected chi connectivity index (χ0v) is 8.73. The number of ether oxygens (including phenoxy) is 1. The number of phenols is 1. The number of nitrogens with zero attached hydrogens (tertiary/aromatic N) is 1. The van der Waals surface area contributed by atoms with E-state index in [-0.39, 0.29) is 5.75 Å². The minimum atomic E-state index is 0.206. The fourth-order valence-electron chi connectivity index (χ4n) is 1.14. The normalized spacial score (nSPS) is 10.5. The van der Waals surface area contributed by atoms with Crippen LogP contribution in [-0.2, 0) is 0 Å². The lowest BCUT2D eigenvalue weighted by Gasteiger charge is -2.10. The lowest BCUT2D eigenvalue weighted by Crippen LogP contribution is -2.15. The summed E-state index contributed by atoms with van der Waals surface area (Å²) >= 11 is 0. The Kier molecular flexibility index (Phi) is 4.26. The number of rotatable bonds is 5. The zero-order valence-electron chi connectivity index (χ0n) is 8.73. The third kappa shape index (κ3) is 3.66. The quantitative estimate of drug-likeness (QED) is 0.726. The van der Waals surface area contributed by atoms with Gasteiger partial charge in [0.25, 0.3) is 0 Å². The first-order valence-corrected chi connectivity index (χ1v) is 4.75. The van der Waals surface area contributed by atoms with Crippen LogP contribution in [0.5, 0.6) is 11.5 Å². The first-order valence-electron chi connectivity index (χ1n) is 4.75. The number of phenolic OH excluding ortho intramolecular Hbond substituents is 1. The Hall–Kier alpha value is -1.22. The molecule has 0 atom stereocenters. The molecule has 0 aliphatic heterocycles. The fraction of sp³-hybridized carbons (Fsp3) is 0.455. The summed E-state index contributed by atoms with van der Waals surface area (Å²) in [6, 6.07) is 7.02. The molecule has 0 saturated carbocycles. The van der Waals surface area contributed by atoms with Gasteiger partial charge in [0.05, 0.1) is 6.61 Å². The van der Waals surface area contributed by atoms with Crippen LogP contribution in [0.4, 0.5) is 0 Å². The molecule has 0 aromatic heterocycles. The molecule has 14 heavy (non-hydrogen) atoms. The average Bonchev–Trinajstić information content (AvgIpc) is 2.15. The molecule has 3 nitrogen and oxygen atoms in total. The Morgan fingerprint density at radius 2 is 2.00 bits per heavy atom. The average molecular weight is 195 g/mol. The molecule has 0 fully saturated rings. The predicted molar refractivity (Wildman–Crippen MR) is 56.8 cm³/mol. The second-order valence-corrected chi connectivity index (χ2v) is 3.47. The van der Waals surface area contributed by atoms with Crippen LogP contribution >= 0.6 is 0 Å². The smallest absolute Gasteiger partial charge is 0.160 e. The van der Waals surface area contributed by atoms with E-state index in [4.69, 9.17) is 4.74 Å². The van der Waals surface area contributed by atoms with Crippen molar-refractivity contribution in [2.45, 2.75) is 6.42 Å². The Morgan fingerprint density at radius 3 is 2.64 bits per heavy atom. The lowest BCUT2D eigenvalue weighted by molar-refractivity contribution is 0.271. The van der Waals surface area contributed by atoms with Gasteiger partial charge in [-0.3, -0.25) is 0 Å². The summed E-state index contributed by atoms with van der Waals surface area (Å²) in [7, 11) is 4.06. The summed E-state index contributed by atoms with van der Waals surface area (Å²) in [6.45, 7) is 1.63. The van der Waals surface area contributed by atoms with Gasteiger partial charge < -0.3 is 14.7 Å². The third-order valence-corrected chi connectivity index (χ3v) is 1.87. The molecule has 0 unspecified atom stereocenters. The number of aromatic hydroxyl groups is 1. The molecule has 78 valence electrons. The highest BCUT2D eigenvalue weighted by atomic mass is 16.5. The van der Waals surface area contributed by atoms with E-state index in [0.29, 0.717) is 12.4 Å². The molecule has 0 saturated heterocycles. The Labute approximate surface area is 84.9 Å². The Bertz CT molecular complexity index is 274. The Balaban J connectivity index is 2.28. The maximum Gasteiger partial charge on any atom is 0.160 e. The van der Waals surface area contributed by atoms with Gasteiger partial charge in [-0.25, -0.2) is 0 Å². The van der Waals surface area contributed by atoms with Gasteiger partial charge in [0.2, 0.25) is 0 Å². The van der Waals surface area contributed by atoms with E-state index in [2.05, 4.69) is 4.90 Å². The van der Waals surface area contributed by atoms with Crippen molar-refractivity contribution >= 4 is 0 Å². The minimum absolute atomic E-state index is 0.206. The van der Waals surface area contributed by atoms with Crippen LogP contribution in [-0.4, -0.2) is 37.3 Å². The van der Waals surface area contributed by atoms with Gasteiger partial charge in [-0.15, -0.1) is 0 Å². The van der Waals surface area contributed by atoms with Crippen molar-refractivity contribution < 1.29 is 9.84 Å². The zero-order chi connectivity index (χ0) is 10.4. The van der Waals surface area contributed by atoms with E-state index in [1.165, 1.54) is 0 Å². The largest absolute Gasteiger partial charge is 0.504 e. The summed E-state index contributed by atoms with van der Waals surface area (Å²) in [5.41, 5.74) is 0. The molecule has 0 spiro atoms. The van der Waals surface area contributed by atoms with Gasteiger partial charge in [0, 0.05) is 6.54 Å². The van der Waals surface area contributed by atoms with Crippen LogP contribution < -0.4 is 4.74 Å². The third-order valence-electron chi connectivity index (χ3n) is 1.87. The van der Waals surface area contributed by atoms with Crippen molar-refractivity contribution in [1.29, 1.82) is 0 Å². The molecular weight excluding hydrogens is 178 g/mol. The van der Waals surface area contributed by atoms with Crippen molar-refractivity contribution in [2.24, 2.45) is 0 Å². The molecule has 0 radical (unpaired) electrons. The number of benzene rings is 1. The van der Waals surface area contributed by atoms with Crippen molar-refractivity contribution in [3.05, 3.63) is 24.3 Å². The summed E-state index contributed by atoms with van der Waals surface area (Å²) in [4.78, 5) is 2.11. The number of hydrogen-bond acceptors (Lipinski definition) is 3. The topological polar surface area (TPSA) is 32.7 Å². The van der Waals surface area contributed by atoms with Gasteiger partial charge in [0.15, 0.2) is 11.5 Å². The van der Waals surface area contributed by atoms with Crippen LogP contribution in [0.1, 0.15) is 6.42 Å². The van der Waals surface area contributed by atoms with Gasteiger partial charge >= 0.3 is 0 Å². The standard InChI is InChI=1S/C11H17NO2/c1-12(2)8-5-9-14-11-7-4-3-6-10(11)13/h3-4,6-7,13H,5,8-9H2,1-2H3. The van der Waals surface area contributed by atoms with Crippen LogP contribution in [0, 0.1) is 0 Å². The Morgan fingerprint density at radius 1 is 1.29 bits per heavy atom. The van der Waals surface area contributed by atoms with Crippen LogP contribution in [0.25, 0.3) is 0 Å². The molecule has 3 heteroatoms. The van der Waals surface area contributed by atoms with E-state index in [1.807, 2.05) is 20.2 Å². The van der Waals surface area contributed by atoms with E-state index < -0.39 is 0 Å². The maximum absolute atomic E-state index is 9.38. The summed E-state index contributed by atoms with van der Waals surface area (Å²) < 4.78 is 5.41. The molecule has 1 N–H and O–H groups in total. The van der Waals surface area contributed by atoms with Crippen molar-refractivity contribution in [3.8, 4) is 11.5 Å². The highest BCUT2D eigenvalue weighted by Gasteiger charge is 1.99. The van der Waals surface area contributed by atoms with E-state index in [1.54, 1.807) is 18.2 Å². The lowest BCUT2D eigenvalue weighted by atomic mass is 10.3. The SMILES string of the molecule is CN(C)CCCOc1ccccc1O. The van der Waals surface area contributed by atoms with Crippen LogP contribution in [0.15, 0.2) is 24.3 Å². The highest BCUT2D eigenvalue weighted by Crippen LogP contribution is 2.24. The molecule has 1 aromatic rings. The second kappa shape index (κ2) is 5.50. The van der Waals surface area contributed by atoms with E-state index in [9.17, 15) is 5.11 Å². The predicted octanol–water partition coefficient (Wildman–Crippen LogP) is 1.72. The molecule has 1 aromatic carbocycles. The summed E-state index contributed by atoms with van der Waals surface area (Å²) in [5, 5.41) is 9.38. The number of hydrogen-bond donors (Lipinski definition) is 1. The molecule has 0 aliphatic rings. The van der Waals surface area contributed by atoms with Crippen LogP contribution in [0.2, 0.25) is 0 Å². The van der Waals surface area contributed by atoms with Crippen LogP contribution in [0.3, 0.4) is 0 Å². The first-order chi connectivity index (χ1) is 6.70. The molecule has 0 heterocycles. The molecular formula is C11H17NO2. The van der Waals surface area contributed by atoms with Crippen molar-refractivity contribution in [2.75, 3.05) is 27.2 Å². The van der Waals surface area contributed by atoms with E-state index in [0.717, 1.165) is 13.0 Å². The van der Waals surface area contributed by atoms with Gasteiger partial charge in [-0.05, 0) is 32.6 Å². The molecule has 1 rings (SSSR count). The molecule has 0 bridgehead atoms. The second-order valence-electron chi connectivity index (χ2n) is 3.47. The van der Waals surface area contributed by atoms with Gasteiger partial charge in [-0.1, -0.05) is 12.1 Å². The highest BCUT2D eigenvalue weighted by molar-refractivity contribution is 5.37. The maximum atomic E-state index is 9.38. The summed E-state index contributed by atoms with van der Waals surface area (Å²) in [5.74, 6) is 0.767. The fourth-order valence-corrected chi connectivity index (χ4v) is 1.14. The number of para-hydroxylation sites is 2. The van der Waals surface area contributed by atoms with Gasteiger partial charge in [-0.2, -0.15) is 0 Å². The van der Waals surface area contributed by atoms with Crippen molar-refractivity contribution in [1.82, 2.24) is 4.90 Å². The molecule has 0 amide bonds. The monoisotopic (exact) mass is 195 g/mol.